The summed E-state index contributed by atoms with van der Waals surface area (Å²) in [5.74, 6) is 0.0556. The zero-order chi connectivity index (χ0) is 21.5. The van der Waals surface area contributed by atoms with Gasteiger partial charge in [-0.1, -0.05) is 62.2 Å². The highest BCUT2D eigenvalue weighted by molar-refractivity contribution is 9.11. The number of nitrogens with zero attached hydrogens (tertiary/aromatic N) is 1. The van der Waals surface area contributed by atoms with Gasteiger partial charge in [-0.15, -0.1) is 0 Å². The molecule has 0 aliphatic carbocycles. The van der Waals surface area contributed by atoms with Crippen LogP contribution in [0.1, 0.15) is 11.1 Å². The molecule has 0 heterocycles. The number of para-hydroxylation sites is 1. The van der Waals surface area contributed by atoms with Gasteiger partial charge in [0, 0.05) is 20.2 Å². The van der Waals surface area contributed by atoms with E-state index in [1.54, 1.807) is 18.2 Å². The molecule has 7 heteroatoms. The van der Waals surface area contributed by atoms with E-state index in [0.717, 1.165) is 14.5 Å². The number of benzene rings is 3. The highest BCUT2D eigenvalue weighted by Gasteiger charge is 2.14. The first kappa shape index (κ1) is 22.3. The Hall–Kier alpha value is -2.40. The minimum atomic E-state index is -0.487. The first-order chi connectivity index (χ1) is 14.5. The first-order valence-electron chi connectivity index (χ1n) is 8.81. The molecule has 0 bridgehead atoms. The van der Waals surface area contributed by atoms with Crippen molar-refractivity contribution in [2.75, 3.05) is 5.32 Å². The third kappa shape index (κ3) is 6.05. The number of carbonyl (C=O) groups excluding carboxylic acids is 1. The summed E-state index contributed by atoms with van der Waals surface area (Å²) in [5.41, 5.74) is 2.18. The van der Waals surface area contributed by atoms with Gasteiger partial charge in [0.05, 0.1) is 4.47 Å². The monoisotopic (exact) mass is 588 g/mol. The highest BCUT2D eigenvalue weighted by atomic mass is 79.9. The summed E-state index contributed by atoms with van der Waals surface area (Å²) in [7, 11) is 0. The van der Waals surface area contributed by atoms with Gasteiger partial charge in [0.1, 0.15) is 24.0 Å². The molecular weight excluding hydrogens is 576 g/mol. The van der Waals surface area contributed by atoms with Gasteiger partial charge in [-0.25, -0.2) is 0 Å². The number of nitrogens with one attached hydrogen (secondary N) is 1. The molecule has 30 heavy (non-hydrogen) atoms. The van der Waals surface area contributed by atoms with Crippen LogP contribution in [0.15, 0.2) is 85.7 Å². The van der Waals surface area contributed by atoms with E-state index in [9.17, 15) is 10.1 Å². The van der Waals surface area contributed by atoms with Gasteiger partial charge in [0.2, 0.25) is 0 Å². The molecule has 1 amide bonds. The summed E-state index contributed by atoms with van der Waals surface area (Å²) < 4.78 is 8.51. The van der Waals surface area contributed by atoms with E-state index >= 15 is 0 Å². The number of nitriles is 1. The molecule has 0 atom stereocenters. The van der Waals surface area contributed by atoms with Crippen molar-refractivity contribution in [3.8, 4) is 11.8 Å². The van der Waals surface area contributed by atoms with Crippen LogP contribution in [0.3, 0.4) is 0 Å². The van der Waals surface area contributed by atoms with Gasteiger partial charge in [-0.2, -0.15) is 5.26 Å². The fourth-order valence-electron chi connectivity index (χ4n) is 2.60. The maximum atomic E-state index is 12.6. The number of carbonyl (C=O) groups is 1. The van der Waals surface area contributed by atoms with Crippen molar-refractivity contribution >= 4 is 65.5 Å². The standard InChI is InChI=1S/C23H15Br3N2O2/c24-18-8-6-15(7-9-18)14-30-22-16(11-19(25)12-21(22)26)10-17(13-27)23(29)28-20-4-2-1-3-5-20/h1-12H,14H2,(H,28,29)/b17-10+. The van der Waals surface area contributed by atoms with Gasteiger partial charge in [-0.3, -0.25) is 4.79 Å². The van der Waals surface area contributed by atoms with Gasteiger partial charge in [0.15, 0.2) is 0 Å². The molecule has 0 aliphatic rings. The molecule has 0 saturated heterocycles. The van der Waals surface area contributed by atoms with Gasteiger partial charge in [-0.05, 0) is 64.0 Å². The molecule has 1 N–H and O–H groups in total. The van der Waals surface area contributed by atoms with E-state index in [1.165, 1.54) is 6.08 Å². The second kappa shape index (κ2) is 10.6. The normalized spacial score (nSPS) is 10.9. The molecular formula is C23H15Br3N2O2. The third-order valence-electron chi connectivity index (χ3n) is 4.03. The number of amides is 1. The summed E-state index contributed by atoms with van der Waals surface area (Å²) in [4.78, 5) is 12.6. The van der Waals surface area contributed by atoms with E-state index in [4.69, 9.17) is 4.74 Å². The predicted octanol–water partition coefficient (Wildman–Crippen LogP) is 7.10. The number of ether oxygens (including phenoxy) is 1. The summed E-state index contributed by atoms with van der Waals surface area (Å²) in [5, 5.41) is 12.3. The Morgan fingerprint density at radius 1 is 1.00 bits per heavy atom. The Morgan fingerprint density at radius 3 is 2.37 bits per heavy atom. The molecule has 0 unspecified atom stereocenters. The smallest absolute Gasteiger partial charge is 0.266 e. The summed E-state index contributed by atoms with van der Waals surface area (Å²) in [6.45, 7) is 0.340. The fourth-order valence-corrected chi connectivity index (χ4v) is 4.24. The largest absolute Gasteiger partial charge is 0.487 e. The second-order valence-electron chi connectivity index (χ2n) is 6.21. The van der Waals surface area contributed by atoms with Gasteiger partial charge in [0.25, 0.3) is 5.91 Å². The first-order valence-corrected chi connectivity index (χ1v) is 11.2. The number of anilines is 1. The van der Waals surface area contributed by atoms with Crippen LogP contribution in [-0.4, -0.2) is 5.91 Å². The molecule has 4 nitrogen and oxygen atoms in total. The lowest BCUT2D eigenvalue weighted by Gasteiger charge is -2.13. The van der Waals surface area contributed by atoms with Crippen molar-refractivity contribution in [3.05, 3.63) is 96.8 Å². The predicted molar refractivity (Wildman–Crippen MR) is 129 cm³/mol. The van der Waals surface area contributed by atoms with Crippen molar-refractivity contribution in [1.82, 2.24) is 0 Å². The van der Waals surface area contributed by atoms with Crippen LogP contribution in [0.5, 0.6) is 5.75 Å². The fraction of sp³-hybridized carbons (Fsp3) is 0.0435. The number of halogens is 3. The molecule has 0 spiro atoms. The van der Waals surface area contributed by atoms with Gasteiger partial charge < -0.3 is 10.1 Å². The molecule has 150 valence electrons. The van der Waals surface area contributed by atoms with E-state index in [1.807, 2.05) is 54.6 Å². The van der Waals surface area contributed by atoms with Gasteiger partial charge >= 0.3 is 0 Å². The highest BCUT2D eigenvalue weighted by Crippen LogP contribution is 2.35. The third-order valence-corrected chi connectivity index (χ3v) is 5.61. The zero-order valence-corrected chi connectivity index (χ0v) is 20.3. The topological polar surface area (TPSA) is 62.1 Å². The Bertz CT molecular complexity index is 1120. The van der Waals surface area contributed by atoms with E-state index in [2.05, 4.69) is 53.1 Å². The van der Waals surface area contributed by atoms with Crippen molar-refractivity contribution in [2.45, 2.75) is 6.61 Å². The molecule has 0 radical (unpaired) electrons. The summed E-state index contributed by atoms with van der Waals surface area (Å²) in [6.07, 6.45) is 1.52. The second-order valence-corrected chi connectivity index (χ2v) is 8.90. The van der Waals surface area contributed by atoms with Crippen LogP contribution in [0, 0.1) is 11.3 Å². The number of rotatable bonds is 6. The lowest BCUT2D eigenvalue weighted by molar-refractivity contribution is -0.112. The molecule has 3 aromatic rings. The average molecular weight is 591 g/mol. The maximum Gasteiger partial charge on any atom is 0.266 e. The molecule has 0 aromatic heterocycles. The Morgan fingerprint density at radius 2 is 1.70 bits per heavy atom. The van der Waals surface area contributed by atoms with Crippen molar-refractivity contribution in [1.29, 1.82) is 5.26 Å². The molecule has 0 saturated carbocycles. The number of hydrogen-bond donors (Lipinski definition) is 1. The van der Waals surface area contributed by atoms with Crippen LogP contribution in [0.2, 0.25) is 0 Å². The Balaban J connectivity index is 1.88. The molecule has 3 rings (SSSR count). The Kier molecular flexibility index (Phi) is 7.86. The SMILES string of the molecule is N#C/C(=C\c1cc(Br)cc(Br)c1OCc1ccc(Br)cc1)C(=O)Nc1ccccc1. The lowest BCUT2D eigenvalue weighted by Crippen LogP contribution is -2.13. The van der Waals surface area contributed by atoms with E-state index in [-0.39, 0.29) is 5.57 Å². The lowest BCUT2D eigenvalue weighted by atomic mass is 10.1. The van der Waals surface area contributed by atoms with Crippen LogP contribution in [-0.2, 0) is 11.4 Å². The minimum Gasteiger partial charge on any atom is -0.487 e. The summed E-state index contributed by atoms with van der Waals surface area (Å²) >= 11 is 10.4. The quantitative estimate of drug-likeness (QED) is 0.246. The molecule has 0 fully saturated rings. The average Bonchev–Trinajstić information content (AvgIpc) is 2.73. The van der Waals surface area contributed by atoms with Crippen molar-refractivity contribution < 1.29 is 9.53 Å². The summed E-state index contributed by atoms with van der Waals surface area (Å²) in [6, 6.07) is 22.4. The minimum absolute atomic E-state index is 0.0302. The number of hydrogen-bond acceptors (Lipinski definition) is 3. The van der Waals surface area contributed by atoms with Crippen LogP contribution in [0.4, 0.5) is 5.69 Å². The van der Waals surface area contributed by atoms with Crippen LogP contribution >= 0.6 is 47.8 Å². The van der Waals surface area contributed by atoms with Crippen LogP contribution in [0.25, 0.3) is 6.08 Å². The zero-order valence-electron chi connectivity index (χ0n) is 15.5. The van der Waals surface area contributed by atoms with E-state index in [0.29, 0.717) is 28.1 Å². The Labute approximate surface area is 200 Å². The molecule has 0 aliphatic heterocycles. The van der Waals surface area contributed by atoms with Crippen molar-refractivity contribution in [3.63, 3.8) is 0 Å². The molecule has 3 aromatic carbocycles. The van der Waals surface area contributed by atoms with E-state index < -0.39 is 5.91 Å². The van der Waals surface area contributed by atoms with Crippen LogP contribution < -0.4 is 10.1 Å². The van der Waals surface area contributed by atoms with Crippen molar-refractivity contribution in [2.24, 2.45) is 0 Å². The maximum absolute atomic E-state index is 12.6.